The van der Waals surface area contributed by atoms with E-state index in [-0.39, 0.29) is 0 Å². The largest absolute Gasteiger partial charge is 0.497 e. The first-order valence-electron chi connectivity index (χ1n) is 10.0. The average molecular weight is 424 g/mol. The fourth-order valence-electron chi connectivity index (χ4n) is 3.30. The summed E-state index contributed by atoms with van der Waals surface area (Å²) in [6.45, 7) is 2.18. The molecule has 0 bridgehead atoms. The molecule has 0 spiro atoms. The Balaban J connectivity index is 1.63. The Bertz CT molecular complexity index is 848. The summed E-state index contributed by atoms with van der Waals surface area (Å²) in [5, 5.41) is 10.8. The van der Waals surface area contributed by atoms with E-state index in [0.717, 1.165) is 29.5 Å². The van der Waals surface area contributed by atoms with Crippen molar-refractivity contribution >= 4 is 11.8 Å². The molecule has 3 aromatic carbocycles. The Morgan fingerprint density at radius 2 is 1.43 bits per heavy atom. The summed E-state index contributed by atoms with van der Waals surface area (Å²) in [7, 11) is 3.29. The molecule has 3 rings (SSSR count). The van der Waals surface area contributed by atoms with Gasteiger partial charge in [0.25, 0.3) is 0 Å². The monoisotopic (exact) mass is 423 g/mol. The fourth-order valence-corrected chi connectivity index (χ4v) is 4.23. The lowest BCUT2D eigenvalue weighted by atomic mass is 10.1. The number of thioether (sulfide) groups is 1. The van der Waals surface area contributed by atoms with Crippen LogP contribution in [0.5, 0.6) is 11.5 Å². The first kappa shape index (κ1) is 22.2. The van der Waals surface area contributed by atoms with Gasteiger partial charge in [-0.3, -0.25) is 4.90 Å². The average Bonchev–Trinajstić information content (AvgIpc) is 2.79. The zero-order valence-corrected chi connectivity index (χ0v) is 18.3. The van der Waals surface area contributed by atoms with Crippen molar-refractivity contribution in [2.45, 2.75) is 24.1 Å². The zero-order valence-electron chi connectivity index (χ0n) is 17.5. The number of rotatable bonds is 11. The molecule has 0 saturated carbocycles. The van der Waals surface area contributed by atoms with E-state index in [0.29, 0.717) is 12.3 Å². The maximum absolute atomic E-state index is 10.8. The molecule has 0 saturated heterocycles. The van der Waals surface area contributed by atoms with Crippen molar-refractivity contribution in [1.29, 1.82) is 0 Å². The van der Waals surface area contributed by atoms with Gasteiger partial charge < -0.3 is 14.6 Å². The predicted octanol–water partition coefficient (Wildman–Crippen LogP) is 4.86. The highest BCUT2D eigenvalue weighted by atomic mass is 32.2. The van der Waals surface area contributed by atoms with E-state index in [4.69, 9.17) is 9.47 Å². The van der Waals surface area contributed by atoms with Crippen molar-refractivity contribution in [2.24, 2.45) is 0 Å². The van der Waals surface area contributed by atoms with Crippen molar-refractivity contribution in [2.75, 3.05) is 26.5 Å². The van der Waals surface area contributed by atoms with Crippen LogP contribution in [0.1, 0.15) is 11.1 Å². The van der Waals surface area contributed by atoms with Gasteiger partial charge in [0.15, 0.2) is 0 Å². The molecule has 1 N–H and O–H groups in total. The van der Waals surface area contributed by atoms with Gasteiger partial charge in [-0.15, -0.1) is 11.8 Å². The quantitative estimate of drug-likeness (QED) is 0.446. The molecule has 3 aromatic rings. The van der Waals surface area contributed by atoms with Gasteiger partial charge in [-0.25, -0.2) is 0 Å². The molecule has 0 amide bonds. The van der Waals surface area contributed by atoms with Gasteiger partial charge in [-0.2, -0.15) is 0 Å². The molecule has 0 aromatic heterocycles. The number of ether oxygens (including phenoxy) is 2. The minimum atomic E-state index is -0.464. The van der Waals surface area contributed by atoms with Gasteiger partial charge in [0, 0.05) is 36.3 Å². The van der Waals surface area contributed by atoms with Crippen molar-refractivity contribution in [3.63, 3.8) is 0 Å². The van der Waals surface area contributed by atoms with E-state index in [1.165, 1.54) is 11.1 Å². The van der Waals surface area contributed by atoms with Crippen LogP contribution in [0.15, 0.2) is 83.8 Å². The van der Waals surface area contributed by atoms with E-state index >= 15 is 0 Å². The number of hydrogen-bond acceptors (Lipinski definition) is 5. The third kappa shape index (κ3) is 6.80. The van der Waals surface area contributed by atoms with Crippen LogP contribution in [0, 0.1) is 0 Å². The van der Waals surface area contributed by atoms with Crippen molar-refractivity contribution in [3.05, 3.63) is 90.0 Å². The smallest absolute Gasteiger partial charge is 0.136 e. The molecule has 0 fully saturated rings. The summed E-state index contributed by atoms with van der Waals surface area (Å²) in [5.41, 5.74) is 2.48. The fraction of sp³-hybridized carbons (Fsp3) is 0.280. The second kappa shape index (κ2) is 11.6. The topological polar surface area (TPSA) is 41.9 Å². The van der Waals surface area contributed by atoms with E-state index < -0.39 is 6.10 Å². The first-order valence-corrected chi connectivity index (χ1v) is 11.0. The number of hydrogen-bond donors (Lipinski definition) is 1. The minimum Gasteiger partial charge on any atom is -0.497 e. The molecule has 158 valence electrons. The minimum absolute atomic E-state index is 0.464. The Kier molecular flexibility index (Phi) is 8.63. The van der Waals surface area contributed by atoms with Gasteiger partial charge in [0.05, 0.1) is 20.3 Å². The van der Waals surface area contributed by atoms with Crippen LogP contribution in [0.2, 0.25) is 0 Å². The van der Waals surface area contributed by atoms with Crippen LogP contribution < -0.4 is 9.47 Å². The molecule has 0 aliphatic heterocycles. The molecule has 4 nitrogen and oxygen atoms in total. The molecule has 0 aliphatic carbocycles. The second-order valence-corrected chi connectivity index (χ2v) is 8.18. The second-order valence-electron chi connectivity index (χ2n) is 7.12. The number of benzene rings is 3. The van der Waals surface area contributed by atoms with Gasteiger partial charge >= 0.3 is 0 Å². The van der Waals surface area contributed by atoms with E-state index in [1.807, 2.05) is 30.3 Å². The van der Waals surface area contributed by atoms with Gasteiger partial charge in [-0.1, -0.05) is 60.7 Å². The molecular formula is C25H29NO3S. The lowest BCUT2D eigenvalue weighted by Crippen LogP contribution is -2.33. The van der Waals surface area contributed by atoms with Crippen molar-refractivity contribution in [1.82, 2.24) is 4.90 Å². The lowest BCUT2D eigenvalue weighted by Gasteiger charge is -2.25. The van der Waals surface area contributed by atoms with Crippen LogP contribution in [0.3, 0.4) is 0 Å². The number of aliphatic hydroxyl groups is 1. The van der Waals surface area contributed by atoms with Crippen molar-refractivity contribution < 1.29 is 14.6 Å². The molecule has 0 heterocycles. The molecule has 0 aliphatic rings. The highest BCUT2D eigenvalue weighted by molar-refractivity contribution is 7.99. The molecule has 1 atom stereocenters. The first-order chi connectivity index (χ1) is 14.7. The Hall–Kier alpha value is -2.47. The van der Waals surface area contributed by atoms with Gasteiger partial charge in [0.1, 0.15) is 11.5 Å². The predicted molar refractivity (Wildman–Crippen MR) is 123 cm³/mol. The SMILES string of the molecule is COc1ccc(SCC(O)CN(Cc2ccccc2)Cc2ccccc2)c(OC)c1. The number of aliphatic hydroxyl groups excluding tert-OH is 1. The van der Waals surface area contributed by atoms with Gasteiger partial charge in [0.2, 0.25) is 0 Å². The Morgan fingerprint density at radius 1 is 0.833 bits per heavy atom. The van der Waals surface area contributed by atoms with Crippen LogP contribution >= 0.6 is 11.8 Å². The summed E-state index contributed by atoms with van der Waals surface area (Å²) in [4.78, 5) is 3.29. The highest BCUT2D eigenvalue weighted by Gasteiger charge is 2.15. The highest BCUT2D eigenvalue weighted by Crippen LogP contribution is 2.33. The van der Waals surface area contributed by atoms with Crippen molar-refractivity contribution in [3.8, 4) is 11.5 Å². The summed E-state index contributed by atoms with van der Waals surface area (Å²) < 4.78 is 10.7. The summed E-state index contributed by atoms with van der Waals surface area (Å²) in [6, 6.07) is 26.5. The van der Waals surface area contributed by atoms with E-state index in [1.54, 1.807) is 26.0 Å². The third-order valence-corrected chi connectivity index (χ3v) is 5.97. The third-order valence-electron chi connectivity index (χ3n) is 4.77. The van der Waals surface area contributed by atoms with Crippen LogP contribution in [0.4, 0.5) is 0 Å². The normalized spacial score (nSPS) is 12.0. The van der Waals surface area contributed by atoms with Crippen LogP contribution in [-0.2, 0) is 13.1 Å². The molecule has 5 heteroatoms. The maximum Gasteiger partial charge on any atom is 0.136 e. The summed E-state index contributed by atoms with van der Waals surface area (Å²) in [6.07, 6.45) is -0.464. The number of methoxy groups -OCH3 is 2. The van der Waals surface area contributed by atoms with Crippen LogP contribution in [0.25, 0.3) is 0 Å². The Labute approximate surface area is 183 Å². The van der Waals surface area contributed by atoms with Crippen LogP contribution in [-0.4, -0.2) is 42.6 Å². The summed E-state index contributed by atoms with van der Waals surface area (Å²) >= 11 is 1.60. The van der Waals surface area contributed by atoms with Gasteiger partial charge in [-0.05, 0) is 23.3 Å². The zero-order chi connectivity index (χ0) is 21.2. The Morgan fingerprint density at radius 3 is 1.97 bits per heavy atom. The lowest BCUT2D eigenvalue weighted by molar-refractivity contribution is 0.121. The maximum atomic E-state index is 10.8. The molecule has 30 heavy (non-hydrogen) atoms. The summed E-state index contributed by atoms with van der Waals surface area (Å²) in [5.74, 6) is 2.11. The van der Waals surface area contributed by atoms with E-state index in [9.17, 15) is 5.11 Å². The molecule has 1 unspecified atom stereocenters. The molecular weight excluding hydrogens is 394 g/mol. The number of nitrogens with zero attached hydrogens (tertiary/aromatic N) is 1. The van der Waals surface area contributed by atoms with E-state index in [2.05, 4.69) is 53.4 Å². The molecule has 0 radical (unpaired) electrons. The standard InChI is InChI=1S/C25H29NO3S/c1-28-23-13-14-25(24(15-23)29-2)30-19-22(27)18-26(16-20-9-5-3-6-10-20)17-21-11-7-4-8-12-21/h3-15,22,27H,16-19H2,1-2H3.